The molecule has 0 spiro atoms. The highest BCUT2D eigenvalue weighted by molar-refractivity contribution is 5.95. The maximum Gasteiger partial charge on any atom is 0.338 e. The molecule has 3 aromatic rings. The Morgan fingerprint density at radius 1 is 1.14 bits per heavy atom. The van der Waals surface area contributed by atoms with Crippen molar-refractivity contribution in [1.29, 1.82) is 0 Å². The molecule has 4 rings (SSSR count). The minimum atomic E-state index is -0.798. The Hall–Kier alpha value is -5.66. The Morgan fingerprint density at radius 2 is 1.93 bits per heavy atom. The van der Waals surface area contributed by atoms with Crippen LogP contribution in [0.25, 0.3) is 11.3 Å². The molecule has 1 aliphatic heterocycles. The second kappa shape index (κ2) is 13.3. The number of hydrogen-bond acceptors (Lipinski definition) is 10. The SMILES string of the molecule is CCOC(=O)C1=C(C)NC(=O)N[C@H]1c1ccc(OCC(=O)N/N=C\c2ccc(-c3ccc(C)cc3[N+](=O)[O-])o2)c(OC)c1. The molecule has 14 heteroatoms. The molecule has 14 nitrogen and oxygen atoms in total. The van der Waals surface area contributed by atoms with Gasteiger partial charge in [0.15, 0.2) is 18.1 Å². The molecule has 0 fully saturated rings. The summed E-state index contributed by atoms with van der Waals surface area (Å²) in [7, 11) is 1.41. The van der Waals surface area contributed by atoms with Gasteiger partial charge in [0.05, 0.1) is 42.0 Å². The number of hydrogen-bond donors (Lipinski definition) is 3. The number of nitrogens with one attached hydrogen (secondary N) is 3. The number of ether oxygens (including phenoxy) is 3. The zero-order chi connectivity index (χ0) is 31.1. The fourth-order valence-electron chi connectivity index (χ4n) is 4.32. The van der Waals surface area contributed by atoms with Crippen LogP contribution in [0.5, 0.6) is 11.5 Å². The summed E-state index contributed by atoms with van der Waals surface area (Å²) in [5, 5.41) is 20.5. The number of hydrazone groups is 1. The first kappa shape index (κ1) is 30.3. The highest BCUT2D eigenvalue weighted by Crippen LogP contribution is 2.35. The van der Waals surface area contributed by atoms with E-state index in [9.17, 15) is 24.5 Å². The molecule has 2 aromatic carbocycles. The zero-order valence-electron chi connectivity index (χ0n) is 23.8. The lowest BCUT2D eigenvalue weighted by molar-refractivity contribution is -0.384. The summed E-state index contributed by atoms with van der Waals surface area (Å²) in [4.78, 5) is 48.0. The largest absolute Gasteiger partial charge is 0.493 e. The van der Waals surface area contributed by atoms with E-state index in [0.717, 1.165) is 5.56 Å². The normalized spacial score (nSPS) is 14.6. The number of carbonyl (C=O) groups excluding carboxylic acids is 3. The van der Waals surface area contributed by atoms with Crippen molar-refractivity contribution in [2.75, 3.05) is 20.3 Å². The van der Waals surface area contributed by atoms with Crippen molar-refractivity contribution >= 4 is 29.8 Å². The number of esters is 1. The third-order valence-corrected chi connectivity index (χ3v) is 6.27. The number of rotatable bonds is 11. The van der Waals surface area contributed by atoms with Crippen LogP contribution in [0.3, 0.4) is 0 Å². The molecule has 0 radical (unpaired) electrons. The Balaban J connectivity index is 1.39. The number of amides is 3. The molecule has 2 heterocycles. The van der Waals surface area contributed by atoms with Gasteiger partial charge in [0, 0.05) is 11.8 Å². The number of aryl methyl sites for hydroxylation is 1. The van der Waals surface area contributed by atoms with Gasteiger partial charge >= 0.3 is 12.0 Å². The molecule has 43 heavy (non-hydrogen) atoms. The second-order valence-corrected chi connectivity index (χ2v) is 9.26. The Kier molecular flexibility index (Phi) is 9.40. The van der Waals surface area contributed by atoms with Gasteiger partial charge in [-0.05, 0) is 62.2 Å². The Bertz CT molecular complexity index is 1630. The van der Waals surface area contributed by atoms with Crippen molar-refractivity contribution in [2.45, 2.75) is 26.8 Å². The number of nitrogens with zero attached hydrogens (tertiary/aromatic N) is 2. The molecule has 0 unspecified atom stereocenters. The molecule has 224 valence electrons. The number of urea groups is 1. The van der Waals surface area contributed by atoms with Crippen molar-refractivity contribution in [3.8, 4) is 22.8 Å². The van der Waals surface area contributed by atoms with E-state index >= 15 is 0 Å². The summed E-state index contributed by atoms with van der Waals surface area (Å²) in [6, 6.07) is 11.4. The predicted octanol–water partition coefficient (Wildman–Crippen LogP) is 3.89. The molecule has 3 amide bonds. The number of nitro groups is 1. The third kappa shape index (κ3) is 7.16. The highest BCUT2D eigenvalue weighted by atomic mass is 16.6. The molecule has 0 saturated heterocycles. The molecule has 1 atom stereocenters. The quantitative estimate of drug-likeness (QED) is 0.129. The topological polar surface area (TPSA) is 184 Å². The van der Waals surface area contributed by atoms with Crippen LogP contribution in [0.1, 0.15) is 36.8 Å². The van der Waals surface area contributed by atoms with Crippen LogP contribution in [0.2, 0.25) is 0 Å². The minimum absolute atomic E-state index is 0.0849. The monoisotopic (exact) mass is 591 g/mol. The van der Waals surface area contributed by atoms with E-state index in [-0.39, 0.29) is 40.9 Å². The van der Waals surface area contributed by atoms with Gasteiger partial charge < -0.3 is 29.3 Å². The van der Waals surface area contributed by atoms with Crippen molar-refractivity contribution in [1.82, 2.24) is 16.1 Å². The molecule has 0 bridgehead atoms. The lowest BCUT2D eigenvalue weighted by Crippen LogP contribution is -2.45. The summed E-state index contributed by atoms with van der Waals surface area (Å²) in [6.07, 6.45) is 1.25. The Labute approximate surface area is 245 Å². The predicted molar refractivity (Wildman–Crippen MR) is 154 cm³/mol. The number of allylic oxidation sites excluding steroid dienone is 1. The van der Waals surface area contributed by atoms with Crippen molar-refractivity contribution in [2.24, 2.45) is 5.10 Å². The van der Waals surface area contributed by atoms with E-state index in [1.165, 1.54) is 19.4 Å². The van der Waals surface area contributed by atoms with Crippen LogP contribution in [0.4, 0.5) is 10.5 Å². The van der Waals surface area contributed by atoms with Crippen molar-refractivity contribution < 1.29 is 37.9 Å². The third-order valence-electron chi connectivity index (χ3n) is 6.27. The van der Waals surface area contributed by atoms with Crippen LogP contribution >= 0.6 is 0 Å². The van der Waals surface area contributed by atoms with E-state index in [4.69, 9.17) is 18.6 Å². The molecule has 1 aromatic heterocycles. The molecule has 1 aliphatic rings. The summed E-state index contributed by atoms with van der Waals surface area (Å²) in [5.74, 6) is -0.120. The van der Waals surface area contributed by atoms with Gasteiger partial charge in [0.25, 0.3) is 11.6 Å². The maximum atomic E-state index is 12.6. The van der Waals surface area contributed by atoms with E-state index in [1.54, 1.807) is 63.2 Å². The number of carbonyl (C=O) groups is 3. The van der Waals surface area contributed by atoms with Crippen LogP contribution in [-0.4, -0.2) is 49.4 Å². The number of methoxy groups -OCH3 is 1. The number of furan rings is 1. The maximum absolute atomic E-state index is 12.6. The average molecular weight is 592 g/mol. The molecule has 0 aliphatic carbocycles. The number of benzene rings is 2. The standard InChI is InChI=1S/C29H29N5O9/c1-5-41-28(36)26-17(3)31-29(37)32-27(26)18-7-10-23(24(13-18)40-4)42-15-25(35)33-30-14-19-8-11-22(43-19)20-9-6-16(2)12-21(20)34(38)39/h6-14,27H,5,15H2,1-4H3,(H,33,35)(H2,31,32,37)/b30-14-/t27-/m0/s1. The van der Waals surface area contributed by atoms with E-state index in [1.807, 2.05) is 0 Å². The smallest absolute Gasteiger partial charge is 0.338 e. The van der Waals surface area contributed by atoms with Gasteiger partial charge in [-0.25, -0.2) is 15.0 Å². The first-order valence-corrected chi connectivity index (χ1v) is 13.0. The summed E-state index contributed by atoms with van der Waals surface area (Å²) in [5.41, 5.74) is 4.43. The van der Waals surface area contributed by atoms with Crippen LogP contribution in [0, 0.1) is 17.0 Å². The number of nitro benzene ring substituents is 1. The molecular formula is C29H29N5O9. The van der Waals surface area contributed by atoms with E-state index < -0.39 is 35.5 Å². The second-order valence-electron chi connectivity index (χ2n) is 9.26. The van der Waals surface area contributed by atoms with Gasteiger partial charge in [-0.1, -0.05) is 12.1 Å². The molecular weight excluding hydrogens is 562 g/mol. The van der Waals surface area contributed by atoms with Crippen molar-refractivity contribution in [3.63, 3.8) is 0 Å². The molecule has 3 N–H and O–H groups in total. The van der Waals surface area contributed by atoms with Gasteiger partial charge in [-0.2, -0.15) is 5.10 Å². The highest BCUT2D eigenvalue weighted by Gasteiger charge is 2.32. The minimum Gasteiger partial charge on any atom is -0.493 e. The van der Waals surface area contributed by atoms with Crippen LogP contribution in [0.15, 0.2) is 69.3 Å². The average Bonchev–Trinajstić information content (AvgIpc) is 3.44. The first-order valence-electron chi connectivity index (χ1n) is 13.0. The first-order chi connectivity index (χ1) is 20.6. The summed E-state index contributed by atoms with van der Waals surface area (Å²) < 4.78 is 21.8. The van der Waals surface area contributed by atoms with E-state index in [0.29, 0.717) is 16.8 Å². The van der Waals surface area contributed by atoms with Gasteiger partial charge in [-0.3, -0.25) is 14.9 Å². The van der Waals surface area contributed by atoms with E-state index in [2.05, 4.69) is 21.2 Å². The lowest BCUT2D eigenvalue weighted by Gasteiger charge is -2.28. The van der Waals surface area contributed by atoms with Gasteiger partial charge in [-0.15, -0.1) is 0 Å². The fourth-order valence-corrected chi connectivity index (χ4v) is 4.32. The summed E-state index contributed by atoms with van der Waals surface area (Å²) >= 11 is 0. The van der Waals surface area contributed by atoms with Gasteiger partial charge in [0.2, 0.25) is 0 Å². The van der Waals surface area contributed by atoms with Crippen LogP contribution < -0.4 is 25.5 Å². The van der Waals surface area contributed by atoms with Crippen molar-refractivity contribution in [3.05, 3.63) is 86.8 Å². The Morgan fingerprint density at radius 3 is 2.65 bits per heavy atom. The van der Waals surface area contributed by atoms with Crippen LogP contribution in [-0.2, 0) is 14.3 Å². The zero-order valence-corrected chi connectivity index (χ0v) is 23.8. The lowest BCUT2D eigenvalue weighted by atomic mass is 9.95. The summed E-state index contributed by atoms with van der Waals surface area (Å²) in [6.45, 7) is 4.80. The van der Waals surface area contributed by atoms with Gasteiger partial charge in [0.1, 0.15) is 11.5 Å². The fraction of sp³-hybridized carbons (Fsp3) is 0.241. The molecule has 0 saturated carbocycles.